The number of piperidine rings is 1. The maximum atomic E-state index is 12.3. The molecule has 2 aromatic rings. The summed E-state index contributed by atoms with van der Waals surface area (Å²) < 4.78 is 1.79. The SMILES string of the molecule is CC(C)c1cc(=O)n(CC2CCN(Cc3csc(C4CCCC4)n3)CC2)cn1. The zero-order valence-corrected chi connectivity index (χ0v) is 18.0. The summed E-state index contributed by atoms with van der Waals surface area (Å²) in [6, 6.07) is 1.70. The van der Waals surface area contributed by atoms with Gasteiger partial charge < -0.3 is 0 Å². The van der Waals surface area contributed by atoms with Gasteiger partial charge in [0.15, 0.2) is 0 Å². The average molecular weight is 401 g/mol. The zero-order valence-electron chi connectivity index (χ0n) is 17.1. The van der Waals surface area contributed by atoms with Crippen LogP contribution in [0.25, 0.3) is 0 Å². The molecule has 0 aromatic carbocycles. The summed E-state index contributed by atoms with van der Waals surface area (Å²) in [5.41, 5.74) is 2.22. The van der Waals surface area contributed by atoms with Crippen LogP contribution in [0.2, 0.25) is 0 Å². The van der Waals surface area contributed by atoms with Crippen molar-refractivity contribution in [3.63, 3.8) is 0 Å². The van der Waals surface area contributed by atoms with E-state index in [1.54, 1.807) is 17.0 Å². The standard InChI is InChI=1S/C22H32N4OS/c1-16(2)20-11-21(27)26(15-23-20)12-17-7-9-25(10-8-17)13-19-14-28-22(24-19)18-5-3-4-6-18/h11,14-18H,3-10,12-13H2,1-2H3. The molecule has 1 aliphatic carbocycles. The Bertz CT molecular complexity index is 829. The minimum atomic E-state index is 0.0862. The summed E-state index contributed by atoms with van der Waals surface area (Å²) >= 11 is 1.86. The van der Waals surface area contributed by atoms with Crippen LogP contribution in [0.5, 0.6) is 0 Å². The fourth-order valence-corrected chi connectivity index (χ4v) is 5.46. The van der Waals surface area contributed by atoms with Gasteiger partial charge in [0.05, 0.1) is 22.7 Å². The molecular weight excluding hydrogens is 368 g/mol. The van der Waals surface area contributed by atoms with Gasteiger partial charge in [0.25, 0.3) is 5.56 Å². The van der Waals surface area contributed by atoms with Crippen LogP contribution in [0.4, 0.5) is 0 Å². The van der Waals surface area contributed by atoms with Crippen LogP contribution < -0.4 is 5.56 Å². The molecule has 0 unspecified atom stereocenters. The Balaban J connectivity index is 1.27. The Morgan fingerprint density at radius 3 is 2.61 bits per heavy atom. The van der Waals surface area contributed by atoms with E-state index in [1.165, 1.54) is 36.4 Å². The third-order valence-electron chi connectivity index (χ3n) is 6.31. The largest absolute Gasteiger partial charge is 0.299 e. The van der Waals surface area contributed by atoms with E-state index in [2.05, 4.69) is 29.1 Å². The Labute approximate surface area is 171 Å². The lowest BCUT2D eigenvalue weighted by Gasteiger charge is -2.31. The number of thiazole rings is 1. The number of hydrogen-bond acceptors (Lipinski definition) is 5. The van der Waals surface area contributed by atoms with E-state index in [1.807, 2.05) is 11.3 Å². The first-order valence-electron chi connectivity index (χ1n) is 10.8. The molecule has 2 fully saturated rings. The third-order valence-corrected chi connectivity index (χ3v) is 7.37. The molecule has 0 amide bonds. The van der Waals surface area contributed by atoms with Crippen molar-refractivity contribution < 1.29 is 0 Å². The molecule has 6 heteroatoms. The minimum Gasteiger partial charge on any atom is -0.299 e. The Morgan fingerprint density at radius 2 is 1.93 bits per heavy atom. The molecule has 2 aliphatic rings. The lowest BCUT2D eigenvalue weighted by molar-refractivity contribution is 0.165. The average Bonchev–Trinajstić information content (AvgIpc) is 3.36. The van der Waals surface area contributed by atoms with E-state index in [0.717, 1.165) is 50.6 Å². The van der Waals surface area contributed by atoms with E-state index < -0.39 is 0 Å². The van der Waals surface area contributed by atoms with Crippen molar-refractivity contribution >= 4 is 11.3 Å². The molecular formula is C22H32N4OS. The number of rotatable bonds is 6. The molecule has 0 atom stereocenters. The molecule has 5 nitrogen and oxygen atoms in total. The van der Waals surface area contributed by atoms with E-state index >= 15 is 0 Å². The van der Waals surface area contributed by atoms with Crippen LogP contribution in [0.1, 0.15) is 80.6 Å². The third kappa shape index (κ3) is 4.71. The molecule has 0 radical (unpaired) electrons. The lowest BCUT2D eigenvalue weighted by atomic mass is 9.96. The summed E-state index contributed by atoms with van der Waals surface area (Å²) in [5.74, 6) is 1.58. The van der Waals surface area contributed by atoms with E-state index in [4.69, 9.17) is 4.98 Å². The van der Waals surface area contributed by atoms with Crippen molar-refractivity contribution in [1.29, 1.82) is 0 Å². The fourth-order valence-electron chi connectivity index (χ4n) is 4.48. The molecule has 0 bridgehead atoms. The van der Waals surface area contributed by atoms with Crippen molar-refractivity contribution in [2.75, 3.05) is 13.1 Å². The second-order valence-electron chi connectivity index (χ2n) is 8.84. The summed E-state index contributed by atoms with van der Waals surface area (Å²) in [6.07, 6.45) is 9.40. The highest BCUT2D eigenvalue weighted by Gasteiger charge is 2.23. The predicted octanol–water partition coefficient (Wildman–Crippen LogP) is 4.39. The van der Waals surface area contributed by atoms with Gasteiger partial charge >= 0.3 is 0 Å². The number of hydrogen-bond donors (Lipinski definition) is 0. The number of nitrogens with zero attached hydrogens (tertiary/aromatic N) is 4. The van der Waals surface area contributed by atoms with Crippen LogP contribution in [0.15, 0.2) is 22.6 Å². The zero-order chi connectivity index (χ0) is 19.5. The normalized spacial score (nSPS) is 19.7. The highest BCUT2D eigenvalue weighted by atomic mass is 32.1. The molecule has 1 aliphatic heterocycles. The fraction of sp³-hybridized carbons (Fsp3) is 0.682. The molecule has 0 N–H and O–H groups in total. The van der Waals surface area contributed by atoms with Gasteiger partial charge in [-0.2, -0.15) is 0 Å². The van der Waals surface area contributed by atoms with E-state index in [9.17, 15) is 4.79 Å². The molecule has 1 saturated carbocycles. The van der Waals surface area contributed by atoms with Crippen LogP contribution in [0.3, 0.4) is 0 Å². The number of aromatic nitrogens is 3. The number of likely N-dealkylation sites (tertiary alicyclic amines) is 1. The monoisotopic (exact) mass is 400 g/mol. The van der Waals surface area contributed by atoms with Gasteiger partial charge in [0.1, 0.15) is 0 Å². The van der Waals surface area contributed by atoms with Crippen LogP contribution in [0, 0.1) is 5.92 Å². The topological polar surface area (TPSA) is 51.0 Å². The molecule has 152 valence electrons. The van der Waals surface area contributed by atoms with Crippen LogP contribution in [-0.2, 0) is 13.1 Å². The van der Waals surface area contributed by atoms with Crippen LogP contribution in [-0.4, -0.2) is 32.5 Å². The minimum absolute atomic E-state index is 0.0862. The quantitative estimate of drug-likeness (QED) is 0.721. The summed E-state index contributed by atoms with van der Waals surface area (Å²) in [4.78, 5) is 24.2. The first kappa shape index (κ1) is 19.8. The van der Waals surface area contributed by atoms with E-state index in [0.29, 0.717) is 11.8 Å². The Morgan fingerprint density at radius 1 is 1.18 bits per heavy atom. The summed E-state index contributed by atoms with van der Waals surface area (Å²) in [6.45, 7) is 8.09. The molecule has 28 heavy (non-hydrogen) atoms. The first-order chi connectivity index (χ1) is 13.6. The maximum absolute atomic E-state index is 12.3. The summed E-state index contributed by atoms with van der Waals surface area (Å²) in [5, 5.41) is 3.63. The van der Waals surface area contributed by atoms with Crippen molar-refractivity contribution in [2.45, 2.75) is 77.3 Å². The van der Waals surface area contributed by atoms with Crippen LogP contribution >= 0.6 is 11.3 Å². The van der Waals surface area contributed by atoms with Gasteiger partial charge in [-0.3, -0.25) is 14.3 Å². The lowest BCUT2D eigenvalue weighted by Crippen LogP contribution is -2.36. The molecule has 1 saturated heterocycles. The first-order valence-corrected chi connectivity index (χ1v) is 11.7. The molecule has 2 aromatic heterocycles. The van der Waals surface area contributed by atoms with Gasteiger partial charge in [-0.25, -0.2) is 9.97 Å². The van der Waals surface area contributed by atoms with Crippen molar-refractivity contribution in [2.24, 2.45) is 5.92 Å². The smallest absolute Gasteiger partial charge is 0.253 e. The van der Waals surface area contributed by atoms with Gasteiger partial charge in [-0.1, -0.05) is 26.7 Å². The van der Waals surface area contributed by atoms with Crippen molar-refractivity contribution in [3.05, 3.63) is 44.5 Å². The predicted molar refractivity (Wildman–Crippen MR) is 114 cm³/mol. The highest BCUT2D eigenvalue weighted by molar-refractivity contribution is 7.09. The van der Waals surface area contributed by atoms with Gasteiger partial charge in [-0.05, 0) is 50.6 Å². The highest BCUT2D eigenvalue weighted by Crippen LogP contribution is 2.35. The Kier molecular flexibility index (Phi) is 6.26. The van der Waals surface area contributed by atoms with Gasteiger partial charge in [0.2, 0.25) is 0 Å². The van der Waals surface area contributed by atoms with Crippen molar-refractivity contribution in [1.82, 2.24) is 19.4 Å². The second-order valence-corrected chi connectivity index (χ2v) is 9.73. The second kappa shape index (κ2) is 8.87. The maximum Gasteiger partial charge on any atom is 0.253 e. The van der Waals surface area contributed by atoms with E-state index in [-0.39, 0.29) is 5.56 Å². The van der Waals surface area contributed by atoms with Gasteiger partial charge in [-0.15, -0.1) is 11.3 Å². The van der Waals surface area contributed by atoms with Gasteiger partial charge in [0, 0.05) is 30.5 Å². The molecule has 3 heterocycles. The molecule has 0 spiro atoms. The molecule has 4 rings (SSSR count). The van der Waals surface area contributed by atoms with Crippen molar-refractivity contribution in [3.8, 4) is 0 Å². The Hall–Kier alpha value is -1.53. The summed E-state index contributed by atoms with van der Waals surface area (Å²) in [7, 11) is 0.